The smallest absolute Gasteiger partial charge is 0.203 e. The number of hydrogen-bond donors (Lipinski definition) is 0. The van der Waals surface area contributed by atoms with Gasteiger partial charge in [0.05, 0.1) is 32.0 Å². The molecule has 0 atom stereocenters. The first kappa shape index (κ1) is 15.9. The molecule has 0 fully saturated rings. The van der Waals surface area contributed by atoms with Gasteiger partial charge in [-0.25, -0.2) is 8.42 Å². The van der Waals surface area contributed by atoms with Gasteiger partial charge in [0.2, 0.25) is 5.75 Å². The minimum absolute atomic E-state index is 0.0187. The Balaban J connectivity index is 3.30. The van der Waals surface area contributed by atoms with Crippen molar-refractivity contribution in [3.8, 4) is 17.2 Å². The van der Waals surface area contributed by atoms with Gasteiger partial charge in [0.1, 0.15) is 0 Å². The highest BCUT2D eigenvalue weighted by Crippen LogP contribution is 2.39. The molecule has 19 heavy (non-hydrogen) atoms. The van der Waals surface area contributed by atoms with Crippen molar-refractivity contribution in [3.05, 3.63) is 12.1 Å². The van der Waals surface area contributed by atoms with Crippen LogP contribution in [-0.4, -0.2) is 41.4 Å². The van der Waals surface area contributed by atoms with Gasteiger partial charge in [-0.05, 0) is 6.42 Å². The van der Waals surface area contributed by atoms with Crippen molar-refractivity contribution in [1.29, 1.82) is 0 Å². The summed E-state index contributed by atoms with van der Waals surface area (Å²) in [6.07, 6.45) is 0.389. The summed E-state index contributed by atoms with van der Waals surface area (Å²) in [6.45, 7) is 0. The van der Waals surface area contributed by atoms with Crippen LogP contribution in [0.3, 0.4) is 0 Å². The maximum Gasteiger partial charge on any atom is 0.203 e. The Bertz CT molecular complexity index is 502. The quantitative estimate of drug-likeness (QED) is 0.722. The van der Waals surface area contributed by atoms with Gasteiger partial charge in [-0.3, -0.25) is 0 Å². The highest BCUT2D eigenvalue weighted by atomic mass is 35.5. The Hall–Kier alpha value is -1.14. The van der Waals surface area contributed by atoms with Gasteiger partial charge in [-0.1, -0.05) is 0 Å². The zero-order valence-corrected chi connectivity index (χ0v) is 12.7. The minimum Gasteiger partial charge on any atom is -0.493 e. The summed E-state index contributed by atoms with van der Waals surface area (Å²) in [5, 5.41) is 0. The standard InChI is InChI=1S/C12H17ClO5S/c1-16-10-7-9(19(14,15)6-4-5-13)8-11(17-2)12(10)18-3/h7-8H,4-6H2,1-3H3. The third-order valence-corrected chi connectivity index (χ3v) is 4.59. The zero-order valence-electron chi connectivity index (χ0n) is 11.1. The van der Waals surface area contributed by atoms with E-state index in [1.54, 1.807) is 0 Å². The molecule has 0 bridgehead atoms. The fourth-order valence-corrected chi connectivity index (χ4v) is 3.22. The first-order valence-electron chi connectivity index (χ1n) is 5.59. The van der Waals surface area contributed by atoms with E-state index in [0.29, 0.717) is 29.5 Å². The molecule has 0 radical (unpaired) electrons. The van der Waals surface area contributed by atoms with E-state index in [1.807, 2.05) is 0 Å². The maximum absolute atomic E-state index is 12.1. The predicted molar refractivity (Wildman–Crippen MR) is 73.5 cm³/mol. The monoisotopic (exact) mass is 308 g/mol. The van der Waals surface area contributed by atoms with Crippen LogP contribution >= 0.6 is 11.6 Å². The van der Waals surface area contributed by atoms with E-state index < -0.39 is 9.84 Å². The highest BCUT2D eigenvalue weighted by molar-refractivity contribution is 7.91. The summed E-state index contributed by atoms with van der Waals surface area (Å²) in [5.74, 6) is 1.26. The van der Waals surface area contributed by atoms with E-state index in [1.165, 1.54) is 33.5 Å². The second-order valence-corrected chi connectivity index (χ2v) is 6.21. The van der Waals surface area contributed by atoms with E-state index in [9.17, 15) is 8.42 Å². The molecule has 0 aliphatic rings. The van der Waals surface area contributed by atoms with Gasteiger partial charge in [0.15, 0.2) is 21.3 Å². The summed E-state index contributed by atoms with van der Waals surface area (Å²) in [5.41, 5.74) is 0. The van der Waals surface area contributed by atoms with Gasteiger partial charge in [0.25, 0.3) is 0 Å². The normalized spacial score (nSPS) is 11.2. The van der Waals surface area contributed by atoms with Crippen LogP contribution < -0.4 is 14.2 Å². The van der Waals surface area contributed by atoms with Crippen molar-refractivity contribution in [3.63, 3.8) is 0 Å². The fourth-order valence-electron chi connectivity index (χ4n) is 1.60. The summed E-state index contributed by atoms with van der Waals surface area (Å²) >= 11 is 5.53. The summed E-state index contributed by atoms with van der Waals surface area (Å²) in [7, 11) is 0.922. The van der Waals surface area contributed by atoms with Crippen LogP contribution in [0.5, 0.6) is 17.2 Å². The molecule has 0 heterocycles. The number of methoxy groups -OCH3 is 3. The molecule has 1 aromatic rings. The van der Waals surface area contributed by atoms with Gasteiger partial charge in [-0.15, -0.1) is 11.6 Å². The molecule has 5 nitrogen and oxygen atoms in total. The average Bonchev–Trinajstić information content (AvgIpc) is 2.43. The number of alkyl halides is 1. The van der Waals surface area contributed by atoms with Crippen LogP contribution in [0.15, 0.2) is 17.0 Å². The van der Waals surface area contributed by atoms with Crippen molar-refractivity contribution in [2.75, 3.05) is 33.0 Å². The van der Waals surface area contributed by atoms with Crippen molar-refractivity contribution < 1.29 is 22.6 Å². The summed E-state index contributed by atoms with van der Waals surface area (Å²) in [4.78, 5) is 0.132. The van der Waals surface area contributed by atoms with Crippen LogP contribution in [0, 0.1) is 0 Å². The van der Waals surface area contributed by atoms with Gasteiger partial charge in [-0.2, -0.15) is 0 Å². The number of rotatable bonds is 7. The molecular weight excluding hydrogens is 292 g/mol. The summed E-state index contributed by atoms with van der Waals surface area (Å²) in [6, 6.07) is 2.84. The largest absolute Gasteiger partial charge is 0.493 e. The molecule has 0 spiro atoms. The molecule has 1 rings (SSSR count). The number of sulfone groups is 1. The van der Waals surface area contributed by atoms with E-state index >= 15 is 0 Å². The molecule has 0 unspecified atom stereocenters. The fraction of sp³-hybridized carbons (Fsp3) is 0.500. The molecule has 0 N–H and O–H groups in total. The Morgan fingerprint density at radius 1 is 1.05 bits per heavy atom. The molecule has 0 amide bonds. The number of benzene rings is 1. The molecule has 0 saturated heterocycles. The highest BCUT2D eigenvalue weighted by Gasteiger charge is 2.20. The average molecular weight is 309 g/mol. The first-order valence-corrected chi connectivity index (χ1v) is 7.77. The van der Waals surface area contributed by atoms with E-state index in [0.717, 1.165) is 0 Å². The Morgan fingerprint density at radius 2 is 1.58 bits per heavy atom. The Kier molecular flexibility index (Phi) is 5.75. The number of hydrogen-bond acceptors (Lipinski definition) is 5. The lowest BCUT2D eigenvalue weighted by Gasteiger charge is -2.14. The molecule has 0 aliphatic heterocycles. The zero-order chi connectivity index (χ0) is 14.5. The third kappa shape index (κ3) is 3.67. The molecule has 108 valence electrons. The number of ether oxygens (including phenoxy) is 3. The van der Waals surface area contributed by atoms with E-state index in [-0.39, 0.29) is 10.6 Å². The van der Waals surface area contributed by atoms with E-state index in [4.69, 9.17) is 25.8 Å². The van der Waals surface area contributed by atoms with E-state index in [2.05, 4.69) is 0 Å². The Morgan fingerprint density at radius 3 is 1.95 bits per heavy atom. The van der Waals surface area contributed by atoms with Crippen LogP contribution in [0.4, 0.5) is 0 Å². The second-order valence-electron chi connectivity index (χ2n) is 3.72. The Labute approximate surface area is 118 Å². The van der Waals surface area contributed by atoms with Crippen molar-refractivity contribution in [2.45, 2.75) is 11.3 Å². The molecular formula is C12H17ClO5S. The van der Waals surface area contributed by atoms with Crippen LogP contribution in [-0.2, 0) is 9.84 Å². The molecule has 0 saturated carbocycles. The van der Waals surface area contributed by atoms with Gasteiger partial charge in [0, 0.05) is 18.0 Å². The predicted octanol–water partition coefficient (Wildman–Crippen LogP) is 2.12. The lowest BCUT2D eigenvalue weighted by atomic mass is 10.3. The molecule has 1 aromatic carbocycles. The van der Waals surface area contributed by atoms with Crippen molar-refractivity contribution >= 4 is 21.4 Å². The van der Waals surface area contributed by atoms with Crippen LogP contribution in [0.2, 0.25) is 0 Å². The third-order valence-electron chi connectivity index (χ3n) is 2.54. The first-order chi connectivity index (χ1) is 9.00. The SMILES string of the molecule is COc1cc(S(=O)(=O)CCCCl)cc(OC)c1OC. The maximum atomic E-state index is 12.1. The van der Waals surface area contributed by atoms with Gasteiger partial charge >= 0.3 is 0 Å². The molecule has 0 aliphatic carbocycles. The lowest BCUT2D eigenvalue weighted by molar-refractivity contribution is 0.323. The molecule has 0 aromatic heterocycles. The topological polar surface area (TPSA) is 61.8 Å². The van der Waals surface area contributed by atoms with Gasteiger partial charge < -0.3 is 14.2 Å². The summed E-state index contributed by atoms with van der Waals surface area (Å²) < 4.78 is 39.6. The van der Waals surface area contributed by atoms with Crippen LogP contribution in [0.1, 0.15) is 6.42 Å². The second kappa shape index (κ2) is 6.86. The van der Waals surface area contributed by atoms with Crippen molar-refractivity contribution in [1.82, 2.24) is 0 Å². The number of halogens is 1. The van der Waals surface area contributed by atoms with Crippen LogP contribution in [0.25, 0.3) is 0 Å². The van der Waals surface area contributed by atoms with Crippen molar-refractivity contribution in [2.24, 2.45) is 0 Å². The molecule has 7 heteroatoms. The minimum atomic E-state index is -3.41. The lowest BCUT2D eigenvalue weighted by Crippen LogP contribution is -2.08.